The zero-order valence-corrected chi connectivity index (χ0v) is 12.1. The Balaban J connectivity index is 3.51. The van der Waals surface area contributed by atoms with Crippen LogP contribution in [-0.2, 0) is 14.3 Å². The van der Waals surface area contributed by atoms with Crippen LogP contribution in [0, 0.1) is 0 Å². The van der Waals surface area contributed by atoms with Crippen LogP contribution in [0.15, 0.2) is 0 Å². The lowest BCUT2D eigenvalue weighted by Gasteiger charge is -2.19. The van der Waals surface area contributed by atoms with Gasteiger partial charge in [0, 0.05) is 18.5 Å². The highest BCUT2D eigenvalue weighted by Gasteiger charge is 2.12. The maximum Gasteiger partial charge on any atom is 0.246 e. The Kier molecular flexibility index (Phi) is 7.97. The van der Waals surface area contributed by atoms with Crippen molar-refractivity contribution >= 4 is 21.8 Å². The van der Waals surface area contributed by atoms with Crippen LogP contribution in [-0.4, -0.2) is 43.2 Å². The predicted octanol–water partition coefficient (Wildman–Crippen LogP) is 1.72. The van der Waals surface area contributed by atoms with Crippen LogP contribution in [0.3, 0.4) is 0 Å². The number of nitrogens with one attached hydrogen (secondary N) is 1. The average molecular weight is 296 g/mol. The minimum Gasteiger partial charge on any atom is -0.384 e. The van der Waals surface area contributed by atoms with Crippen LogP contribution in [0.4, 0.5) is 0 Å². The highest BCUT2D eigenvalue weighted by Crippen LogP contribution is 2.06. The van der Waals surface area contributed by atoms with Gasteiger partial charge in [-0.05, 0) is 27.2 Å². The number of ether oxygens (including phenoxy) is 2. The van der Waals surface area contributed by atoms with Gasteiger partial charge in [-0.2, -0.15) is 0 Å². The predicted molar refractivity (Wildman–Crippen MR) is 67.9 cm³/mol. The standard InChI is InChI=1S/C11H22BrNO3/c1-11(2,3)16-8-10(14)13-6-5-9(12)7-15-4/h9H,5-8H2,1-4H3,(H,13,14). The van der Waals surface area contributed by atoms with E-state index in [-0.39, 0.29) is 22.9 Å². The van der Waals surface area contributed by atoms with Crippen LogP contribution in [0.2, 0.25) is 0 Å². The lowest BCUT2D eigenvalue weighted by molar-refractivity contribution is -0.130. The summed E-state index contributed by atoms with van der Waals surface area (Å²) in [5.41, 5.74) is -0.272. The summed E-state index contributed by atoms with van der Waals surface area (Å²) in [6.45, 7) is 7.16. The third kappa shape index (κ3) is 10.4. The summed E-state index contributed by atoms with van der Waals surface area (Å²) >= 11 is 3.45. The summed E-state index contributed by atoms with van der Waals surface area (Å²) in [6, 6.07) is 0. The number of methoxy groups -OCH3 is 1. The summed E-state index contributed by atoms with van der Waals surface area (Å²) in [5.74, 6) is -0.0768. The molecule has 0 saturated heterocycles. The maximum atomic E-state index is 11.3. The number of amides is 1. The molecule has 96 valence electrons. The number of hydrogen-bond donors (Lipinski definition) is 1. The Bertz CT molecular complexity index is 204. The second kappa shape index (κ2) is 8.03. The van der Waals surface area contributed by atoms with E-state index in [1.54, 1.807) is 7.11 Å². The number of carbonyl (C=O) groups excluding carboxylic acids is 1. The smallest absolute Gasteiger partial charge is 0.246 e. The quantitative estimate of drug-likeness (QED) is 0.728. The van der Waals surface area contributed by atoms with E-state index in [0.717, 1.165) is 6.42 Å². The Morgan fingerprint density at radius 2 is 2.06 bits per heavy atom. The molecule has 1 amide bonds. The van der Waals surface area contributed by atoms with Crippen molar-refractivity contribution < 1.29 is 14.3 Å². The van der Waals surface area contributed by atoms with Gasteiger partial charge in [0.25, 0.3) is 0 Å². The maximum absolute atomic E-state index is 11.3. The molecule has 4 nitrogen and oxygen atoms in total. The number of alkyl halides is 1. The minimum atomic E-state index is -0.272. The molecular weight excluding hydrogens is 274 g/mol. The largest absolute Gasteiger partial charge is 0.384 e. The molecule has 0 aliphatic heterocycles. The van der Waals surface area contributed by atoms with Crippen LogP contribution in [0.5, 0.6) is 0 Å². The van der Waals surface area contributed by atoms with Crippen molar-refractivity contribution in [1.29, 1.82) is 0 Å². The van der Waals surface area contributed by atoms with Crippen molar-refractivity contribution in [3.05, 3.63) is 0 Å². The third-order valence-corrected chi connectivity index (χ3v) is 2.49. The minimum absolute atomic E-state index is 0.0768. The third-order valence-electron chi connectivity index (χ3n) is 1.76. The van der Waals surface area contributed by atoms with Crippen molar-refractivity contribution in [3.8, 4) is 0 Å². The zero-order valence-electron chi connectivity index (χ0n) is 10.5. The van der Waals surface area contributed by atoms with Gasteiger partial charge in [0.15, 0.2) is 0 Å². The van der Waals surface area contributed by atoms with Crippen molar-refractivity contribution in [2.24, 2.45) is 0 Å². The first-order valence-corrected chi connectivity index (χ1v) is 6.30. The molecule has 0 spiro atoms. The van der Waals surface area contributed by atoms with E-state index >= 15 is 0 Å². The van der Waals surface area contributed by atoms with Gasteiger partial charge < -0.3 is 14.8 Å². The van der Waals surface area contributed by atoms with Crippen LogP contribution in [0.25, 0.3) is 0 Å². The molecule has 0 bridgehead atoms. The molecule has 0 fully saturated rings. The van der Waals surface area contributed by atoms with Crippen molar-refractivity contribution in [2.75, 3.05) is 26.9 Å². The lowest BCUT2D eigenvalue weighted by Crippen LogP contribution is -2.33. The lowest BCUT2D eigenvalue weighted by atomic mass is 10.2. The fourth-order valence-electron chi connectivity index (χ4n) is 0.965. The van der Waals surface area contributed by atoms with Gasteiger partial charge in [0.2, 0.25) is 5.91 Å². The first kappa shape index (κ1) is 15.9. The second-order valence-corrected chi connectivity index (χ2v) is 5.89. The van der Waals surface area contributed by atoms with Gasteiger partial charge in [0.05, 0.1) is 12.2 Å². The molecular formula is C11H22BrNO3. The fraction of sp³-hybridized carbons (Fsp3) is 0.909. The zero-order chi connectivity index (χ0) is 12.6. The normalized spacial score (nSPS) is 13.6. The Labute approximate surface area is 106 Å². The van der Waals surface area contributed by atoms with Gasteiger partial charge in [-0.25, -0.2) is 0 Å². The highest BCUT2D eigenvalue weighted by molar-refractivity contribution is 9.09. The first-order chi connectivity index (χ1) is 7.35. The summed E-state index contributed by atoms with van der Waals surface area (Å²) in [7, 11) is 1.66. The van der Waals surface area contributed by atoms with Gasteiger partial charge in [-0.15, -0.1) is 0 Å². The van der Waals surface area contributed by atoms with Crippen molar-refractivity contribution in [3.63, 3.8) is 0 Å². The summed E-state index contributed by atoms with van der Waals surface area (Å²) < 4.78 is 10.3. The molecule has 0 aliphatic rings. The molecule has 0 aromatic carbocycles. The fourth-order valence-corrected chi connectivity index (χ4v) is 1.46. The molecule has 1 atom stereocenters. The van der Waals surface area contributed by atoms with E-state index in [2.05, 4.69) is 21.2 Å². The molecule has 0 rings (SSSR count). The van der Waals surface area contributed by atoms with Gasteiger partial charge in [-0.3, -0.25) is 4.79 Å². The van der Waals surface area contributed by atoms with Crippen molar-refractivity contribution in [1.82, 2.24) is 5.32 Å². The monoisotopic (exact) mass is 295 g/mol. The topological polar surface area (TPSA) is 47.6 Å². The summed E-state index contributed by atoms with van der Waals surface area (Å²) in [6.07, 6.45) is 0.842. The van der Waals surface area contributed by atoms with E-state index in [1.165, 1.54) is 0 Å². The summed E-state index contributed by atoms with van der Waals surface area (Å²) in [5, 5.41) is 2.80. The molecule has 1 N–H and O–H groups in total. The molecule has 0 radical (unpaired) electrons. The van der Waals surface area contributed by atoms with E-state index in [0.29, 0.717) is 13.2 Å². The van der Waals surface area contributed by atoms with E-state index in [4.69, 9.17) is 9.47 Å². The molecule has 0 aliphatic carbocycles. The number of carbonyl (C=O) groups is 1. The SMILES string of the molecule is COCC(Br)CCNC(=O)COC(C)(C)C. The first-order valence-electron chi connectivity index (χ1n) is 5.39. The Morgan fingerprint density at radius 1 is 1.44 bits per heavy atom. The van der Waals surface area contributed by atoms with E-state index in [9.17, 15) is 4.79 Å². The van der Waals surface area contributed by atoms with Crippen LogP contribution in [0.1, 0.15) is 27.2 Å². The van der Waals surface area contributed by atoms with Gasteiger partial charge >= 0.3 is 0 Å². The molecule has 16 heavy (non-hydrogen) atoms. The molecule has 5 heteroatoms. The molecule has 1 unspecified atom stereocenters. The molecule has 0 aromatic heterocycles. The number of hydrogen-bond acceptors (Lipinski definition) is 3. The van der Waals surface area contributed by atoms with Crippen molar-refractivity contribution in [2.45, 2.75) is 37.6 Å². The molecule has 0 heterocycles. The van der Waals surface area contributed by atoms with Crippen LogP contribution < -0.4 is 5.32 Å². The number of halogens is 1. The van der Waals surface area contributed by atoms with Gasteiger partial charge in [-0.1, -0.05) is 15.9 Å². The van der Waals surface area contributed by atoms with E-state index < -0.39 is 0 Å². The highest BCUT2D eigenvalue weighted by atomic mass is 79.9. The molecule has 0 saturated carbocycles. The average Bonchev–Trinajstić information content (AvgIpc) is 2.14. The van der Waals surface area contributed by atoms with Crippen LogP contribution >= 0.6 is 15.9 Å². The Hall–Kier alpha value is -0.130. The Morgan fingerprint density at radius 3 is 2.56 bits per heavy atom. The number of rotatable bonds is 7. The second-order valence-electron chi connectivity index (χ2n) is 4.59. The van der Waals surface area contributed by atoms with Gasteiger partial charge in [0.1, 0.15) is 6.61 Å². The van der Waals surface area contributed by atoms with E-state index in [1.807, 2.05) is 20.8 Å². The molecule has 0 aromatic rings. The summed E-state index contributed by atoms with van der Waals surface area (Å²) in [4.78, 5) is 11.6.